The number of aromatic carboxylic acids is 1. The van der Waals surface area contributed by atoms with Crippen LogP contribution in [0.2, 0.25) is 0 Å². The van der Waals surface area contributed by atoms with Gasteiger partial charge in [-0.05, 0) is 19.1 Å². The zero-order valence-corrected chi connectivity index (χ0v) is 17.7. The van der Waals surface area contributed by atoms with Crippen molar-refractivity contribution >= 4 is 27.8 Å². The first-order valence-corrected chi connectivity index (χ1v) is 8.32. The number of para-hydroxylation sites is 1. The van der Waals surface area contributed by atoms with Crippen LogP contribution in [0.3, 0.4) is 0 Å². The summed E-state index contributed by atoms with van der Waals surface area (Å²) in [7, 11) is 0. The maximum absolute atomic E-state index is 14.2. The summed E-state index contributed by atoms with van der Waals surface area (Å²) in [6, 6.07) is 7.76. The van der Waals surface area contributed by atoms with Gasteiger partial charge in [-0.3, -0.25) is 0 Å². The van der Waals surface area contributed by atoms with E-state index in [1.807, 2.05) is 0 Å². The Hall–Kier alpha value is -2.49. The standard InChI is InChI=1S/C20H11F5N2O2.Na/c1-8-19-10(6-12(26-8)20(28)29)9-4-2-3-5-13(9)27(19)7-11-14(21)16(23)18(25)17(24)15(11)22;/h2-6H,7H2,1H3,(H,28,29);/q;+1/p-1. The molecule has 0 bridgehead atoms. The van der Waals surface area contributed by atoms with Gasteiger partial charge in [-0.1, -0.05) is 18.2 Å². The van der Waals surface area contributed by atoms with Crippen molar-refractivity contribution in [2.24, 2.45) is 0 Å². The number of halogens is 5. The molecule has 0 saturated carbocycles. The summed E-state index contributed by atoms with van der Waals surface area (Å²) in [6.45, 7) is 0.797. The second-order valence-corrected chi connectivity index (χ2v) is 6.43. The van der Waals surface area contributed by atoms with E-state index in [0.29, 0.717) is 21.8 Å². The Kier molecular flexibility index (Phi) is 5.90. The monoisotopic (exact) mass is 428 g/mol. The predicted octanol–water partition coefficient (Wildman–Crippen LogP) is 0.609. The Morgan fingerprint density at radius 1 is 0.967 bits per heavy atom. The molecule has 0 unspecified atom stereocenters. The molecule has 0 N–H and O–H groups in total. The van der Waals surface area contributed by atoms with E-state index in [0.717, 1.165) is 0 Å². The summed E-state index contributed by atoms with van der Waals surface area (Å²) in [4.78, 5) is 15.1. The number of carboxylic acid groups (broad SMARTS) is 1. The first-order chi connectivity index (χ1) is 13.7. The number of hydrogen-bond donors (Lipinski definition) is 0. The third-order valence-electron chi connectivity index (χ3n) is 4.75. The van der Waals surface area contributed by atoms with Crippen LogP contribution >= 0.6 is 0 Å². The van der Waals surface area contributed by atoms with Gasteiger partial charge in [0, 0.05) is 21.9 Å². The first kappa shape index (κ1) is 22.2. The van der Waals surface area contributed by atoms with Crippen molar-refractivity contribution in [1.82, 2.24) is 9.55 Å². The molecule has 0 saturated heterocycles. The summed E-state index contributed by atoms with van der Waals surface area (Å²) in [6.07, 6.45) is 0. The number of carbonyl (C=O) groups excluding carboxylic acids is 1. The number of carbonyl (C=O) groups is 1. The molecule has 0 aliphatic carbocycles. The van der Waals surface area contributed by atoms with E-state index < -0.39 is 47.2 Å². The van der Waals surface area contributed by atoms with E-state index in [-0.39, 0.29) is 40.9 Å². The van der Waals surface area contributed by atoms with Crippen molar-refractivity contribution in [3.05, 3.63) is 76.4 Å². The molecule has 0 aliphatic rings. The van der Waals surface area contributed by atoms with Crippen LogP contribution in [0.1, 0.15) is 21.7 Å². The molecular formula is C20H10F5N2NaO2. The second kappa shape index (κ2) is 7.98. The molecule has 0 fully saturated rings. The largest absolute Gasteiger partial charge is 1.00 e. The van der Waals surface area contributed by atoms with E-state index in [1.54, 1.807) is 24.3 Å². The molecule has 10 heteroatoms. The summed E-state index contributed by atoms with van der Waals surface area (Å²) < 4.78 is 70.4. The van der Waals surface area contributed by atoms with Gasteiger partial charge in [-0.25, -0.2) is 26.9 Å². The fraction of sp³-hybridized carbons (Fsp3) is 0.100. The molecule has 0 aliphatic heterocycles. The van der Waals surface area contributed by atoms with E-state index in [2.05, 4.69) is 4.98 Å². The molecule has 2 aromatic heterocycles. The van der Waals surface area contributed by atoms with Crippen LogP contribution in [0.5, 0.6) is 0 Å². The van der Waals surface area contributed by atoms with Gasteiger partial charge in [0.05, 0.1) is 29.4 Å². The van der Waals surface area contributed by atoms with Crippen molar-refractivity contribution in [1.29, 1.82) is 0 Å². The molecule has 2 aromatic carbocycles. The van der Waals surface area contributed by atoms with Crippen LogP contribution in [0.25, 0.3) is 21.8 Å². The Labute approximate surface area is 188 Å². The molecule has 30 heavy (non-hydrogen) atoms. The number of hydrogen-bond acceptors (Lipinski definition) is 3. The van der Waals surface area contributed by atoms with Gasteiger partial charge < -0.3 is 14.5 Å². The van der Waals surface area contributed by atoms with Crippen molar-refractivity contribution in [3.8, 4) is 0 Å². The van der Waals surface area contributed by atoms with E-state index in [4.69, 9.17) is 0 Å². The molecule has 4 nitrogen and oxygen atoms in total. The topological polar surface area (TPSA) is 57.9 Å². The summed E-state index contributed by atoms with van der Waals surface area (Å²) in [5.41, 5.74) is -0.435. The SMILES string of the molecule is Cc1nc(C(=O)[O-])cc2c3ccccc3n(Cc3c(F)c(F)c(F)c(F)c3F)c12.[Na+]. The second-order valence-electron chi connectivity index (χ2n) is 6.43. The molecule has 0 amide bonds. The van der Waals surface area contributed by atoms with Crippen molar-refractivity contribution in [3.63, 3.8) is 0 Å². The number of rotatable bonds is 3. The number of fused-ring (bicyclic) bond motifs is 3. The van der Waals surface area contributed by atoms with Gasteiger partial charge in [-0.15, -0.1) is 0 Å². The molecule has 0 spiro atoms. The smallest absolute Gasteiger partial charge is 0.543 e. The third-order valence-corrected chi connectivity index (χ3v) is 4.75. The maximum atomic E-state index is 14.2. The number of aryl methyl sites for hydroxylation is 1. The predicted molar refractivity (Wildman–Crippen MR) is 91.6 cm³/mol. The minimum Gasteiger partial charge on any atom is -0.543 e. The Morgan fingerprint density at radius 2 is 1.53 bits per heavy atom. The van der Waals surface area contributed by atoms with Crippen LogP contribution in [0, 0.1) is 36.0 Å². The van der Waals surface area contributed by atoms with Crippen LogP contribution in [0.15, 0.2) is 30.3 Å². The van der Waals surface area contributed by atoms with Gasteiger partial charge >= 0.3 is 29.6 Å². The van der Waals surface area contributed by atoms with Gasteiger partial charge in [-0.2, -0.15) is 0 Å². The molecule has 148 valence electrons. The van der Waals surface area contributed by atoms with E-state index in [1.165, 1.54) is 17.6 Å². The van der Waals surface area contributed by atoms with Crippen LogP contribution in [-0.2, 0) is 6.54 Å². The molecular weight excluding hydrogens is 418 g/mol. The first-order valence-electron chi connectivity index (χ1n) is 8.32. The van der Waals surface area contributed by atoms with Gasteiger partial charge in [0.15, 0.2) is 23.3 Å². The number of aromatic nitrogens is 2. The Balaban J connectivity index is 0.00000256. The Morgan fingerprint density at radius 3 is 2.13 bits per heavy atom. The zero-order chi connectivity index (χ0) is 21.0. The van der Waals surface area contributed by atoms with Crippen molar-refractivity contribution < 1.29 is 61.4 Å². The van der Waals surface area contributed by atoms with E-state index in [9.17, 15) is 31.9 Å². The van der Waals surface area contributed by atoms with Crippen molar-refractivity contribution in [2.75, 3.05) is 0 Å². The zero-order valence-electron chi connectivity index (χ0n) is 15.7. The summed E-state index contributed by atoms with van der Waals surface area (Å²) in [5.74, 6) is -11.7. The molecule has 4 aromatic rings. The molecule has 0 radical (unpaired) electrons. The summed E-state index contributed by atoms with van der Waals surface area (Å²) in [5, 5.41) is 12.2. The minimum atomic E-state index is -2.23. The average Bonchev–Trinajstić information content (AvgIpc) is 3.02. The van der Waals surface area contributed by atoms with Crippen LogP contribution in [-0.4, -0.2) is 15.5 Å². The fourth-order valence-corrected chi connectivity index (χ4v) is 3.49. The van der Waals surface area contributed by atoms with Crippen LogP contribution in [0.4, 0.5) is 22.0 Å². The minimum absolute atomic E-state index is 0. The van der Waals surface area contributed by atoms with Crippen LogP contribution < -0.4 is 34.7 Å². The third kappa shape index (κ3) is 3.27. The number of benzene rings is 2. The molecule has 4 rings (SSSR count). The summed E-state index contributed by atoms with van der Waals surface area (Å²) >= 11 is 0. The number of pyridine rings is 1. The quantitative estimate of drug-likeness (QED) is 0.208. The number of carboxylic acids is 1. The van der Waals surface area contributed by atoms with Crippen molar-refractivity contribution in [2.45, 2.75) is 13.5 Å². The average molecular weight is 428 g/mol. The van der Waals surface area contributed by atoms with Gasteiger partial charge in [0.25, 0.3) is 0 Å². The Bertz CT molecular complexity index is 1310. The normalized spacial score (nSPS) is 11.1. The van der Waals surface area contributed by atoms with Gasteiger partial charge in [0.1, 0.15) is 0 Å². The maximum Gasteiger partial charge on any atom is 1.00 e. The molecule has 2 heterocycles. The number of nitrogens with zero attached hydrogens (tertiary/aromatic N) is 2. The van der Waals surface area contributed by atoms with Gasteiger partial charge in [0.2, 0.25) is 5.82 Å². The molecule has 0 atom stereocenters. The van der Waals surface area contributed by atoms with E-state index >= 15 is 0 Å². The fourth-order valence-electron chi connectivity index (χ4n) is 3.49.